The van der Waals surface area contributed by atoms with E-state index in [1.165, 1.54) is 0 Å². The first-order valence-corrected chi connectivity index (χ1v) is 10.6. The lowest BCUT2D eigenvalue weighted by molar-refractivity contribution is 0.0524. The normalized spacial score (nSPS) is 11.1. The average Bonchev–Trinajstić information content (AvgIpc) is 3.07. The number of nitrogens with zero attached hydrogens (tertiary/aromatic N) is 1. The minimum Gasteiger partial charge on any atom is -0.506 e. The van der Waals surface area contributed by atoms with Crippen LogP contribution < -0.4 is 0 Å². The van der Waals surface area contributed by atoms with Crippen LogP contribution in [0, 0.1) is 6.92 Å². The van der Waals surface area contributed by atoms with Crippen molar-refractivity contribution in [1.29, 1.82) is 0 Å². The van der Waals surface area contributed by atoms with Crippen molar-refractivity contribution in [3.8, 4) is 5.75 Å². The van der Waals surface area contributed by atoms with E-state index in [9.17, 15) is 14.7 Å². The van der Waals surface area contributed by atoms with Crippen molar-refractivity contribution in [3.63, 3.8) is 0 Å². The van der Waals surface area contributed by atoms with Crippen molar-refractivity contribution in [2.24, 2.45) is 0 Å². The third kappa shape index (κ3) is 3.47. The molecule has 32 heavy (non-hydrogen) atoms. The van der Waals surface area contributed by atoms with Gasteiger partial charge in [-0.25, -0.2) is 9.59 Å². The Hall–Kier alpha value is -3.80. The van der Waals surface area contributed by atoms with Crippen molar-refractivity contribution in [2.75, 3.05) is 13.2 Å². The molecular weight excluding hydrogens is 406 g/mol. The Morgan fingerprint density at radius 2 is 1.41 bits per heavy atom. The number of hydrogen-bond donors (Lipinski definition) is 1. The van der Waals surface area contributed by atoms with Crippen LogP contribution in [0.15, 0.2) is 54.6 Å². The number of ether oxygens (including phenoxy) is 2. The molecule has 0 saturated carbocycles. The molecule has 164 valence electrons. The molecule has 0 fully saturated rings. The van der Waals surface area contributed by atoms with Crippen LogP contribution in [0.25, 0.3) is 21.7 Å². The van der Waals surface area contributed by atoms with Crippen LogP contribution in [0.2, 0.25) is 0 Å². The summed E-state index contributed by atoms with van der Waals surface area (Å²) in [5.41, 5.74) is 2.63. The fourth-order valence-corrected chi connectivity index (χ4v) is 4.23. The van der Waals surface area contributed by atoms with E-state index in [2.05, 4.69) is 0 Å². The summed E-state index contributed by atoms with van der Waals surface area (Å²) in [6, 6.07) is 17.2. The number of esters is 2. The van der Waals surface area contributed by atoms with Gasteiger partial charge in [0, 0.05) is 28.4 Å². The molecule has 1 heterocycles. The SMILES string of the molecule is CCOC(=O)c1c(O)c2ccccc2c2c1c(C(=O)OCC)c(C)n2Cc1ccccc1. The summed E-state index contributed by atoms with van der Waals surface area (Å²) >= 11 is 0. The topological polar surface area (TPSA) is 77.8 Å². The lowest BCUT2D eigenvalue weighted by atomic mass is 9.97. The highest BCUT2D eigenvalue weighted by atomic mass is 16.5. The molecule has 1 N–H and O–H groups in total. The minimum atomic E-state index is -0.678. The molecular formula is C26H25NO5. The molecule has 0 radical (unpaired) electrons. The van der Waals surface area contributed by atoms with E-state index >= 15 is 0 Å². The van der Waals surface area contributed by atoms with Crippen LogP contribution in [-0.2, 0) is 16.0 Å². The van der Waals surface area contributed by atoms with Crippen LogP contribution in [0.1, 0.15) is 45.8 Å². The molecule has 4 rings (SSSR count). The second-order valence-corrected chi connectivity index (χ2v) is 7.47. The largest absolute Gasteiger partial charge is 0.506 e. The van der Waals surface area contributed by atoms with E-state index in [1.54, 1.807) is 26.0 Å². The molecule has 1 aromatic heterocycles. The van der Waals surface area contributed by atoms with Gasteiger partial charge < -0.3 is 19.1 Å². The number of phenols is 1. The Morgan fingerprint density at radius 3 is 2.03 bits per heavy atom. The van der Waals surface area contributed by atoms with E-state index in [1.807, 2.05) is 54.0 Å². The van der Waals surface area contributed by atoms with Crippen molar-refractivity contribution in [2.45, 2.75) is 27.3 Å². The highest BCUT2D eigenvalue weighted by Crippen LogP contribution is 2.42. The molecule has 0 bridgehead atoms. The molecule has 6 nitrogen and oxygen atoms in total. The third-order valence-electron chi connectivity index (χ3n) is 5.59. The second-order valence-electron chi connectivity index (χ2n) is 7.47. The Bertz CT molecular complexity index is 1320. The molecule has 0 saturated heterocycles. The lowest BCUT2D eigenvalue weighted by Gasteiger charge is -2.14. The first-order chi connectivity index (χ1) is 15.5. The molecule has 4 aromatic rings. The highest BCUT2D eigenvalue weighted by molar-refractivity contribution is 6.24. The van der Waals surface area contributed by atoms with Crippen LogP contribution in [0.3, 0.4) is 0 Å². The molecule has 0 amide bonds. The van der Waals surface area contributed by atoms with Crippen LogP contribution in [0.4, 0.5) is 0 Å². The summed E-state index contributed by atoms with van der Waals surface area (Å²) in [7, 11) is 0. The molecule has 0 spiro atoms. The predicted octanol–water partition coefficient (Wildman–Crippen LogP) is 5.21. The summed E-state index contributed by atoms with van der Waals surface area (Å²) in [6.45, 7) is 6.08. The van der Waals surface area contributed by atoms with Gasteiger partial charge in [0.2, 0.25) is 0 Å². The monoisotopic (exact) mass is 431 g/mol. The molecule has 0 atom stereocenters. The molecule has 0 unspecified atom stereocenters. The lowest BCUT2D eigenvalue weighted by Crippen LogP contribution is -2.10. The number of hydrogen-bond acceptors (Lipinski definition) is 5. The van der Waals surface area contributed by atoms with Crippen LogP contribution in [-0.4, -0.2) is 34.8 Å². The van der Waals surface area contributed by atoms with Gasteiger partial charge in [-0.05, 0) is 26.3 Å². The highest BCUT2D eigenvalue weighted by Gasteiger charge is 2.31. The molecule has 0 aliphatic carbocycles. The van der Waals surface area contributed by atoms with E-state index in [0.717, 1.165) is 10.9 Å². The van der Waals surface area contributed by atoms with Gasteiger partial charge in [0.25, 0.3) is 0 Å². The van der Waals surface area contributed by atoms with E-state index in [4.69, 9.17) is 9.47 Å². The van der Waals surface area contributed by atoms with E-state index < -0.39 is 11.9 Å². The first kappa shape index (κ1) is 21.4. The molecule has 6 heteroatoms. The average molecular weight is 431 g/mol. The van der Waals surface area contributed by atoms with Gasteiger partial charge in [-0.3, -0.25) is 0 Å². The summed E-state index contributed by atoms with van der Waals surface area (Å²) < 4.78 is 12.6. The maximum atomic E-state index is 13.1. The van der Waals surface area contributed by atoms with Gasteiger partial charge in [0.15, 0.2) is 0 Å². The summed E-state index contributed by atoms with van der Waals surface area (Å²) in [5.74, 6) is -1.42. The van der Waals surface area contributed by atoms with Crippen molar-refractivity contribution < 1.29 is 24.2 Å². The molecule has 0 aliphatic heterocycles. The standard InChI is InChI=1S/C26H25NO5/c1-4-31-25(29)20-16(3)27(15-17-11-7-6-8-12-17)23-18-13-9-10-14-19(18)24(28)22(21(20)23)26(30)32-5-2/h6-14,28H,4-5,15H2,1-3H3. The summed E-state index contributed by atoms with van der Waals surface area (Å²) in [4.78, 5) is 26.0. The van der Waals surface area contributed by atoms with Gasteiger partial charge in [0.05, 0.1) is 24.3 Å². The van der Waals surface area contributed by atoms with Gasteiger partial charge in [-0.2, -0.15) is 0 Å². The van der Waals surface area contributed by atoms with E-state index in [0.29, 0.717) is 28.5 Å². The summed E-state index contributed by atoms with van der Waals surface area (Å²) in [6.07, 6.45) is 0. The van der Waals surface area contributed by atoms with Gasteiger partial charge in [-0.15, -0.1) is 0 Å². The number of fused-ring (bicyclic) bond motifs is 3. The smallest absolute Gasteiger partial charge is 0.342 e. The Kier molecular flexibility index (Phi) is 5.86. The number of benzene rings is 3. The van der Waals surface area contributed by atoms with Crippen molar-refractivity contribution >= 4 is 33.6 Å². The molecule has 3 aromatic carbocycles. The van der Waals surface area contributed by atoms with Crippen molar-refractivity contribution in [3.05, 3.63) is 77.0 Å². The maximum Gasteiger partial charge on any atom is 0.342 e. The maximum absolute atomic E-state index is 13.1. The summed E-state index contributed by atoms with van der Waals surface area (Å²) in [5, 5.41) is 12.7. The number of aromatic nitrogens is 1. The van der Waals surface area contributed by atoms with Gasteiger partial charge in [0.1, 0.15) is 11.3 Å². The van der Waals surface area contributed by atoms with E-state index in [-0.39, 0.29) is 30.1 Å². The predicted molar refractivity (Wildman–Crippen MR) is 123 cm³/mol. The van der Waals surface area contributed by atoms with Gasteiger partial charge in [-0.1, -0.05) is 54.6 Å². The number of carbonyl (C=O) groups is 2. The zero-order valence-electron chi connectivity index (χ0n) is 18.3. The minimum absolute atomic E-state index is 0.0153. The van der Waals surface area contributed by atoms with Crippen LogP contribution in [0.5, 0.6) is 5.75 Å². The number of phenolic OH excluding ortho intramolecular Hbond substituents is 1. The first-order valence-electron chi connectivity index (χ1n) is 10.6. The molecule has 0 aliphatic rings. The Balaban J connectivity index is 2.18. The van der Waals surface area contributed by atoms with Crippen LogP contribution >= 0.6 is 0 Å². The Morgan fingerprint density at radius 1 is 0.844 bits per heavy atom. The quantitative estimate of drug-likeness (QED) is 0.424. The fraction of sp³-hybridized carbons (Fsp3) is 0.231. The zero-order chi connectivity index (χ0) is 22.8. The van der Waals surface area contributed by atoms with Crippen molar-refractivity contribution in [1.82, 2.24) is 4.57 Å². The number of carbonyl (C=O) groups excluding carboxylic acids is 2. The second kappa shape index (κ2) is 8.75. The Labute approximate surface area is 186 Å². The number of aromatic hydroxyl groups is 1. The fourth-order valence-electron chi connectivity index (χ4n) is 4.23. The number of rotatable bonds is 6. The zero-order valence-corrected chi connectivity index (χ0v) is 18.3. The van der Waals surface area contributed by atoms with Gasteiger partial charge >= 0.3 is 11.9 Å². The third-order valence-corrected chi connectivity index (χ3v) is 5.59.